The van der Waals surface area contributed by atoms with Crippen LogP contribution >= 0.6 is 11.6 Å². The molecular weight excluding hydrogens is 144 g/mol. The minimum Gasteiger partial charge on any atom is -0.0837 e. The minimum absolute atomic E-state index is 0.867. The standard InChI is InChI=1S/C9H7Cl/c10-9-6-2-4-7-3-1-5-8(7)9/h1-2,4-6H,3H2. The summed E-state index contributed by atoms with van der Waals surface area (Å²) in [7, 11) is 0. The van der Waals surface area contributed by atoms with Crippen molar-refractivity contribution in [3.63, 3.8) is 0 Å². The molecule has 0 bridgehead atoms. The summed E-state index contributed by atoms with van der Waals surface area (Å²) >= 11 is 5.92. The first-order valence-corrected chi connectivity index (χ1v) is 3.69. The van der Waals surface area contributed by atoms with Crippen molar-refractivity contribution < 1.29 is 0 Å². The quantitative estimate of drug-likeness (QED) is 0.534. The van der Waals surface area contributed by atoms with Crippen LogP contribution in [0.25, 0.3) is 6.08 Å². The van der Waals surface area contributed by atoms with Crippen molar-refractivity contribution in [2.75, 3.05) is 0 Å². The Kier molecular flexibility index (Phi) is 1.28. The monoisotopic (exact) mass is 150 g/mol. The largest absolute Gasteiger partial charge is 0.0837 e. The summed E-state index contributed by atoms with van der Waals surface area (Å²) in [5.74, 6) is 0. The van der Waals surface area contributed by atoms with E-state index in [9.17, 15) is 0 Å². The van der Waals surface area contributed by atoms with Crippen molar-refractivity contribution in [2.45, 2.75) is 6.42 Å². The maximum atomic E-state index is 5.92. The lowest BCUT2D eigenvalue weighted by molar-refractivity contribution is 1.31. The average Bonchev–Trinajstić information content (AvgIpc) is 2.36. The predicted octanol–water partition coefficient (Wildman–Crippen LogP) is 2.91. The highest BCUT2D eigenvalue weighted by Gasteiger charge is 2.06. The van der Waals surface area contributed by atoms with Gasteiger partial charge in [-0.3, -0.25) is 0 Å². The molecule has 1 aliphatic rings. The zero-order chi connectivity index (χ0) is 6.97. The third-order valence-corrected chi connectivity index (χ3v) is 2.10. The number of allylic oxidation sites excluding steroid dienone is 1. The zero-order valence-electron chi connectivity index (χ0n) is 5.47. The third-order valence-electron chi connectivity index (χ3n) is 1.77. The Morgan fingerprint density at radius 2 is 2.20 bits per heavy atom. The van der Waals surface area contributed by atoms with E-state index < -0.39 is 0 Å². The summed E-state index contributed by atoms with van der Waals surface area (Å²) in [6.45, 7) is 0. The fourth-order valence-electron chi connectivity index (χ4n) is 1.25. The van der Waals surface area contributed by atoms with E-state index in [1.165, 1.54) is 11.1 Å². The van der Waals surface area contributed by atoms with Crippen LogP contribution in [0.5, 0.6) is 0 Å². The van der Waals surface area contributed by atoms with Crippen LogP contribution in [0.1, 0.15) is 11.1 Å². The first kappa shape index (κ1) is 5.99. The number of benzene rings is 1. The zero-order valence-corrected chi connectivity index (χ0v) is 6.23. The summed E-state index contributed by atoms with van der Waals surface area (Å²) < 4.78 is 0. The normalized spacial score (nSPS) is 13.7. The Morgan fingerprint density at radius 3 is 3.00 bits per heavy atom. The number of hydrogen-bond acceptors (Lipinski definition) is 0. The van der Waals surface area contributed by atoms with E-state index >= 15 is 0 Å². The van der Waals surface area contributed by atoms with Gasteiger partial charge in [0.15, 0.2) is 0 Å². The molecule has 0 heterocycles. The van der Waals surface area contributed by atoms with Crippen molar-refractivity contribution in [1.29, 1.82) is 0 Å². The molecule has 0 unspecified atom stereocenters. The molecule has 10 heavy (non-hydrogen) atoms. The molecule has 0 saturated carbocycles. The summed E-state index contributed by atoms with van der Waals surface area (Å²) in [6.07, 6.45) is 5.25. The van der Waals surface area contributed by atoms with Gasteiger partial charge in [0, 0.05) is 5.02 Å². The number of fused-ring (bicyclic) bond motifs is 1. The Balaban J connectivity index is 2.67. The van der Waals surface area contributed by atoms with E-state index in [1.807, 2.05) is 12.1 Å². The number of rotatable bonds is 0. The molecule has 0 aliphatic heterocycles. The van der Waals surface area contributed by atoms with E-state index in [4.69, 9.17) is 11.6 Å². The van der Waals surface area contributed by atoms with Crippen LogP contribution in [-0.4, -0.2) is 0 Å². The van der Waals surface area contributed by atoms with Crippen LogP contribution in [0.3, 0.4) is 0 Å². The molecule has 50 valence electrons. The highest BCUT2D eigenvalue weighted by molar-refractivity contribution is 6.32. The van der Waals surface area contributed by atoms with Crippen molar-refractivity contribution in [3.05, 3.63) is 40.4 Å². The van der Waals surface area contributed by atoms with Crippen LogP contribution in [0.4, 0.5) is 0 Å². The highest BCUT2D eigenvalue weighted by atomic mass is 35.5. The molecule has 0 nitrogen and oxygen atoms in total. The van der Waals surface area contributed by atoms with Gasteiger partial charge in [-0.05, 0) is 23.6 Å². The van der Waals surface area contributed by atoms with Gasteiger partial charge in [0.05, 0.1) is 0 Å². The van der Waals surface area contributed by atoms with Gasteiger partial charge < -0.3 is 0 Å². The maximum Gasteiger partial charge on any atom is 0.0481 e. The molecule has 1 aromatic rings. The fourth-order valence-corrected chi connectivity index (χ4v) is 1.51. The van der Waals surface area contributed by atoms with Crippen molar-refractivity contribution in [3.8, 4) is 0 Å². The molecular formula is C9H7Cl. The fraction of sp³-hybridized carbons (Fsp3) is 0.111. The number of hydrogen-bond donors (Lipinski definition) is 0. The molecule has 0 atom stereocenters. The van der Waals surface area contributed by atoms with E-state index in [2.05, 4.69) is 18.2 Å². The Bertz CT molecular complexity index is 287. The lowest BCUT2D eigenvalue weighted by Crippen LogP contribution is -1.79. The summed E-state index contributed by atoms with van der Waals surface area (Å²) in [5, 5.41) is 0.867. The van der Waals surface area contributed by atoms with Crippen LogP contribution < -0.4 is 0 Å². The van der Waals surface area contributed by atoms with E-state index in [0.29, 0.717) is 0 Å². The molecule has 0 spiro atoms. The molecule has 1 aromatic carbocycles. The van der Waals surface area contributed by atoms with E-state index in [0.717, 1.165) is 11.4 Å². The molecule has 1 aliphatic carbocycles. The van der Waals surface area contributed by atoms with E-state index in [-0.39, 0.29) is 0 Å². The Morgan fingerprint density at radius 1 is 1.30 bits per heavy atom. The molecule has 0 aromatic heterocycles. The molecule has 0 fully saturated rings. The second kappa shape index (κ2) is 2.14. The lowest BCUT2D eigenvalue weighted by Gasteiger charge is -1.98. The van der Waals surface area contributed by atoms with Gasteiger partial charge in [0.2, 0.25) is 0 Å². The van der Waals surface area contributed by atoms with Crippen LogP contribution in [0.15, 0.2) is 24.3 Å². The van der Waals surface area contributed by atoms with Gasteiger partial charge in [-0.25, -0.2) is 0 Å². The van der Waals surface area contributed by atoms with Gasteiger partial charge in [0.25, 0.3) is 0 Å². The van der Waals surface area contributed by atoms with Gasteiger partial charge in [0.1, 0.15) is 0 Å². The first-order chi connectivity index (χ1) is 4.88. The van der Waals surface area contributed by atoms with Crippen molar-refractivity contribution in [2.24, 2.45) is 0 Å². The second-order valence-electron chi connectivity index (χ2n) is 2.42. The van der Waals surface area contributed by atoms with Crippen LogP contribution in [0.2, 0.25) is 5.02 Å². The summed E-state index contributed by atoms with van der Waals surface area (Å²) in [6, 6.07) is 6.03. The lowest BCUT2D eigenvalue weighted by atomic mass is 10.1. The number of halogens is 1. The summed E-state index contributed by atoms with van der Waals surface area (Å²) in [5.41, 5.74) is 2.54. The first-order valence-electron chi connectivity index (χ1n) is 3.32. The molecule has 0 amide bonds. The van der Waals surface area contributed by atoms with Crippen LogP contribution in [0, 0.1) is 0 Å². The molecule has 0 N–H and O–H groups in total. The highest BCUT2D eigenvalue weighted by Crippen LogP contribution is 2.26. The summed E-state index contributed by atoms with van der Waals surface area (Å²) in [4.78, 5) is 0. The van der Waals surface area contributed by atoms with E-state index in [1.54, 1.807) is 0 Å². The van der Waals surface area contributed by atoms with Gasteiger partial charge in [-0.2, -0.15) is 0 Å². The molecule has 0 radical (unpaired) electrons. The molecule has 0 saturated heterocycles. The van der Waals surface area contributed by atoms with Gasteiger partial charge in [-0.15, -0.1) is 0 Å². The Labute approximate surface area is 65.1 Å². The van der Waals surface area contributed by atoms with Gasteiger partial charge >= 0.3 is 0 Å². The van der Waals surface area contributed by atoms with Crippen molar-refractivity contribution >= 4 is 17.7 Å². The predicted molar refractivity (Wildman–Crippen MR) is 44.2 cm³/mol. The minimum atomic E-state index is 0.867. The van der Waals surface area contributed by atoms with Gasteiger partial charge in [-0.1, -0.05) is 35.9 Å². The van der Waals surface area contributed by atoms with Crippen molar-refractivity contribution in [1.82, 2.24) is 0 Å². The van der Waals surface area contributed by atoms with Crippen LogP contribution in [-0.2, 0) is 6.42 Å². The third kappa shape index (κ3) is 0.764. The SMILES string of the molecule is Clc1cccc2c1C=CC2. The Hall–Kier alpha value is -0.750. The molecule has 2 rings (SSSR count). The second-order valence-corrected chi connectivity index (χ2v) is 2.83. The molecule has 1 heteroatoms. The topological polar surface area (TPSA) is 0 Å². The maximum absolute atomic E-state index is 5.92. The average molecular weight is 151 g/mol. The smallest absolute Gasteiger partial charge is 0.0481 e.